The van der Waals surface area contributed by atoms with Gasteiger partial charge in [0.15, 0.2) is 0 Å². The zero-order valence-electron chi connectivity index (χ0n) is 11.4. The molecule has 1 aromatic carbocycles. The van der Waals surface area contributed by atoms with Crippen LogP contribution in [0.25, 0.3) is 0 Å². The quantitative estimate of drug-likeness (QED) is 0.582. The van der Waals surface area contributed by atoms with Crippen molar-refractivity contribution in [3.63, 3.8) is 0 Å². The van der Waals surface area contributed by atoms with E-state index >= 15 is 0 Å². The second-order valence-electron chi connectivity index (χ2n) is 5.68. The molecule has 2 bridgehead atoms. The minimum absolute atomic E-state index is 0.120. The Bertz CT molecular complexity index is 731. The Kier molecular flexibility index (Phi) is 2.93. The summed E-state index contributed by atoms with van der Waals surface area (Å²) in [4.78, 5) is 25.8. The fourth-order valence-electron chi connectivity index (χ4n) is 3.43. The van der Waals surface area contributed by atoms with Gasteiger partial charge in [-0.25, -0.2) is 4.90 Å². The summed E-state index contributed by atoms with van der Waals surface area (Å²) < 4.78 is 44.4. The number of carbonyl (C=O) groups excluding carboxylic acids is 2. The van der Waals surface area contributed by atoms with E-state index < -0.39 is 52.6 Å². The van der Waals surface area contributed by atoms with Crippen molar-refractivity contribution in [3.8, 4) is 0 Å². The highest BCUT2D eigenvalue weighted by Crippen LogP contribution is 2.47. The molecule has 23 heavy (non-hydrogen) atoms. The SMILES string of the molecule is O=C1[C@@H]2[C@@H](C(=O)N1c1ccc(Cl)c(C(F)(F)F)c1)[C@H]1C=C[C@@H]2O1. The summed E-state index contributed by atoms with van der Waals surface area (Å²) in [5.74, 6) is -2.40. The number of hydrogen-bond acceptors (Lipinski definition) is 3. The lowest BCUT2D eigenvalue weighted by molar-refractivity contribution is -0.137. The molecule has 4 atom stereocenters. The first kappa shape index (κ1) is 14.7. The van der Waals surface area contributed by atoms with Gasteiger partial charge in [-0.2, -0.15) is 13.2 Å². The predicted molar refractivity (Wildman–Crippen MR) is 73.7 cm³/mol. The summed E-state index contributed by atoms with van der Waals surface area (Å²) in [7, 11) is 0. The molecule has 4 nitrogen and oxygen atoms in total. The van der Waals surface area contributed by atoms with E-state index in [1.807, 2.05) is 0 Å². The van der Waals surface area contributed by atoms with Crippen LogP contribution in [0.1, 0.15) is 5.56 Å². The Labute approximate surface area is 133 Å². The van der Waals surface area contributed by atoms with Gasteiger partial charge in [-0.1, -0.05) is 23.8 Å². The van der Waals surface area contributed by atoms with Crippen LogP contribution in [0.5, 0.6) is 0 Å². The van der Waals surface area contributed by atoms with E-state index in [0.717, 1.165) is 17.0 Å². The molecule has 0 unspecified atom stereocenters. The van der Waals surface area contributed by atoms with Gasteiger partial charge in [-0.15, -0.1) is 0 Å². The number of anilines is 1. The monoisotopic (exact) mass is 343 g/mol. The maximum atomic E-state index is 13.0. The van der Waals surface area contributed by atoms with Gasteiger partial charge >= 0.3 is 6.18 Å². The Balaban J connectivity index is 1.75. The van der Waals surface area contributed by atoms with Gasteiger partial charge < -0.3 is 4.74 Å². The number of alkyl halides is 3. The molecule has 0 radical (unpaired) electrons. The number of imide groups is 1. The van der Waals surface area contributed by atoms with Gasteiger partial charge in [0.1, 0.15) is 0 Å². The molecular formula is C15H9ClF3NO3. The minimum atomic E-state index is -4.67. The zero-order chi connectivity index (χ0) is 16.5. The lowest BCUT2D eigenvalue weighted by Crippen LogP contribution is -2.34. The number of halogens is 4. The largest absolute Gasteiger partial charge is 0.417 e. The van der Waals surface area contributed by atoms with E-state index in [2.05, 4.69) is 0 Å². The summed E-state index contributed by atoms with van der Waals surface area (Å²) in [5.41, 5.74) is -1.20. The summed E-state index contributed by atoms with van der Waals surface area (Å²) in [5, 5.41) is -0.481. The molecule has 8 heteroatoms. The first-order chi connectivity index (χ1) is 10.8. The lowest BCUT2D eigenvalue weighted by atomic mass is 9.85. The van der Waals surface area contributed by atoms with Crippen LogP contribution in [-0.4, -0.2) is 24.0 Å². The van der Waals surface area contributed by atoms with E-state index in [0.29, 0.717) is 0 Å². The van der Waals surface area contributed by atoms with Crippen molar-refractivity contribution >= 4 is 29.1 Å². The molecule has 4 rings (SSSR count). The third kappa shape index (κ3) is 1.96. The van der Waals surface area contributed by atoms with Crippen molar-refractivity contribution in [2.45, 2.75) is 18.4 Å². The van der Waals surface area contributed by atoms with Crippen LogP contribution in [-0.2, 0) is 20.5 Å². The molecule has 2 saturated heterocycles. The number of rotatable bonds is 1. The van der Waals surface area contributed by atoms with E-state index in [9.17, 15) is 22.8 Å². The highest BCUT2D eigenvalue weighted by Gasteiger charge is 2.61. The van der Waals surface area contributed by atoms with Crippen LogP contribution < -0.4 is 4.90 Å². The van der Waals surface area contributed by atoms with E-state index in [4.69, 9.17) is 16.3 Å². The third-order valence-electron chi connectivity index (χ3n) is 4.42. The number of hydrogen-bond donors (Lipinski definition) is 0. The van der Waals surface area contributed by atoms with Crippen molar-refractivity contribution in [2.75, 3.05) is 4.90 Å². The number of fused-ring (bicyclic) bond motifs is 5. The van der Waals surface area contributed by atoms with Crippen LogP contribution in [0.15, 0.2) is 30.4 Å². The topological polar surface area (TPSA) is 46.6 Å². The number of ether oxygens (including phenoxy) is 1. The smallest absolute Gasteiger partial charge is 0.365 e. The van der Waals surface area contributed by atoms with Crippen LogP contribution >= 0.6 is 11.6 Å². The Morgan fingerprint density at radius 2 is 1.61 bits per heavy atom. The Morgan fingerprint density at radius 3 is 2.13 bits per heavy atom. The molecule has 0 spiro atoms. The summed E-state index contributed by atoms with van der Waals surface area (Å²) >= 11 is 5.57. The molecule has 3 heterocycles. The van der Waals surface area contributed by atoms with Gasteiger partial charge in [0.2, 0.25) is 11.8 Å². The van der Waals surface area contributed by atoms with Crippen LogP contribution in [0.4, 0.5) is 18.9 Å². The number of benzene rings is 1. The number of carbonyl (C=O) groups is 2. The van der Waals surface area contributed by atoms with Crippen molar-refractivity contribution in [2.24, 2.45) is 11.8 Å². The van der Waals surface area contributed by atoms with E-state index in [1.54, 1.807) is 12.2 Å². The predicted octanol–water partition coefficient (Wildman–Crippen LogP) is 2.80. The molecule has 120 valence electrons. The fraction of sp³-hybridized carbons (Fsp3) is 0.333. The van der Waals surface area contributed by atoms with E-state index in [-0.39, 0.29) is 5.69 Å². The lowest BCUT2D eigenvalue weighted by Gasteiger charge is -2.19. The molecule has 0 N–H and O–H groups in total. The van der Waals surface area contributed by atoms with Crippen molar-refractivity contribution in [1.82, 2.24) is 0 Å². The van der Waals surface area contributed by atoms with Crippen LogP contribution in [0, 0.1) is 11.8 Å². The highest BCUT2D eigenvalue weighted by atomic mass is 35.5. The molecule has 1 aromatic rings. The molecule has 3 aliphatic heterocycles. The standard InChI is InChI=1S/C15H9ClF3NO3/c16-8-2-1-6(5-7(8)15(17,18)19)20-13(21)11-9-3-4-10(23-9)12(11)14(20)22/h1-5,9-12H/t9-,10+,11-,12-/m0/s1. The first-order valence-corrected chi connectivity index (χ1v) is 7.25. The minimum Gasteiger partial charge on any atom is -0.365 e. The maximum absolute atomic E-state index is 13.0. The molecule has 2 amide bonds. The Hall–Kier alpha value is -1.86. The zero-order valence-corrected chi connectivity index (χ0v) is 12.1. The molecular weight excluding hydrogens is 335 g/mol. The molecule has 3 aliphatic rings. The summed E-state index contributed by atoms with van der Waals surface area (Å²) in [6.45, 7) is 0. The summed E-state index contributed by atoms with van der Waals surface area (Å²) in [6.07, 6.45) is -2.22. The normalized spacial score (nSPS) is 32.1. The van der Waals surface area contributed by atoms with Gasteiger partial charge in [0.25, 0.3) is 0 Å². The van der Waals surface area contributed by atoms with Gasteiger partial charge in [0, 0.05) is 0 Å². The first-order valence-electron chi connectivity index (χ1n) is 6.87. The number of nitrogens with zero attached hydrogens (tertiary/aromatic N) is 1. The molecule has 0 saturated carbocycles. The van der Waals surface area contributed by atoms with Crippen LogP contribution in [0.3, 0.4) is 0 Å². The Morgan fingerprint density at radius 1 is 1.04 bits per heavy atom. The molecule has 2 fully saturated rings. The fourth-order valence-corrected chi connectivity index (χ4v) is 3.65. The van der Waals surface area contributed by atoms with Crippen molar-refractivity contribution in [1.29, 1.82) is 0 Å². The van der Waals surface area contributed by atoms with Crippen LogP contribution in [0.2, 0.25) is 5.02 Å². The van der Waals surface area contributed by atoms with Gasteiger partial charge in [-0.3, -0.25) is 9.59 Å². The van der Waals surface area contributed by atoms with Crippen molar-refractivity contribution < 1.29 is 27.5 Å². The van der Waals surface area contributed by atoms with Gasteiger partial charge in [0.05, 0.1) is 40.3 Å². The van der Waals surface area contributed by atoms with E-state index in [1.165, 1.54) is 6.07 Å². The highest BCUT2D eigenvalue weighted by molar-refractivity contribution is 6.31. The molecule has 0 aromatic heterocycles. The number of amides is 2. The average molecular weight is 344 g/mol. The molecule has 0 aliphatic carbocycles. The summed E-state index contributed by atoms with van der Waals surface area (Å²) in [6, 6.07) is 3.01. The second-order valence-corrected chi connectivity index (χ2v) is 6.08. The second kappa shape index (κ2) is 4.58. The van der Waals surface area contributed by atoms with Crippen molar-refractivity contribution in [3.05, 3.63) is 40.9 Å². The third-order valence-corrected chi connectivity index (χ3v) is 4.75. The average Bonchev–Trinajstić information content (AvgIpc) is 3.13. The van der Waals surface area contributed by atoms with Gasteiger partial charge in [-0.05, 0) is 18.2 Å². The maximum Gasteiger partial charge on any atom is 0.417 e.